The van der Waals surface area contributed by atoms with Gasteiger partial charge in [0.2, 0.25) is 0 Å². The van der Waals surface area contributed by atoms with E-state index in [4.69, 9.17) is 0 Å². The van der Waals surface area contributed by atoms with Crippen molar-refractivity contribution in [2.45, 2.75) is 52.9 Å². The molecular weight excluding hydrogens is 383 g/mol. The van der Waals surface area contributed by atoms with Gasteiger partial charge in [-0.1, -0.05) is 45.9 Å². The number of carbonyl (C=O) groups is 1. The topological polar surface area (TPSA) is 34.1 Å². The molecule has 0 heterocycles. The van der Waals surface area contributed by atoms with E-state index in [0.717, 1.165) is 38.3 Å². The predicted octanol–water partition coefficient (Wildman–Crippen LogP) is 6.92. The Morgan fingerprint density at radius 1 is 1.00 bits per heavy atom. The molecule has 0 amide bonds. The maximum atomic E-state index is 13.7. The summed E-state index contributed by atoms with van der Waals surface area (Å²) in [4.78, 5) is 12.4. The van der Waals surface area contributed by atoms with Crippen LogP contribution >= 0.6 is 0 Å². The van der Waals surface area contributed by atoms with Crippen LogP contribution in [0.25, 0.3) is 17.2 Å². The smallest absolute Gasteiger partial charge is 0.134 e. The van der Waals surface area contributed by atoms with Gasteiger partial charge >= 0.3 is 0 Å². The monoisotopic (exact) mass is 414 g/mol. The number of ketones is 1. The van der Waals surface area contributed by atoms with E-state index in [1.165, 1.54) is 12.1 Å². The van der Waals surface area contributed by atoms with Crippen LogP contribution in [0.4, 0.5) is 4.39 Å². The number of carbonyl (C=O) groups excluding carboxylic acids is 1. The molecule has 0 aliphatic heterocycles. The summed E-state index contributed by atoms with van der Waals surface area (Å²) >= 11 is 0. The molecule has 1 atom stereocenters. The average Bonchev–Trinajstić information content (AvgIpc) is 2.96. The summed E-state index contributed by atoms with van der Waals surface area (Å²) < 4.78 is 25.2. The molecule has 156 valence electrons. The van der Waals surface area contributed by atoms with Gasteiger partial charge in [-0.05, 0) is 77.6 Å². The van der Waals surface area contributed by atoms with Crippen molar-refractivity contribution in [1.82, 2.24) is 0 Å². The first kappa shape index (κ1) is 24.7. The summed E-state index contributed by atoms with van der Waals surface area (Å²) in [6.07, 6.45) is 3.98. The first-order valence-corrected chi connectivity index (χ1v) is 11.6. The van der Waals surface area contributed by atoms with Crippen molar-refractivity contribution in [2.24, 2.45) is 0 Å². The van der Waals surface area contributed by atoms with Crippen LogP contribution in [-0.2, 0) is 15.6 Å². The lowest BCUT2D eigenvalue weighted by atomic mass is 10.0. The molecule has 0 bridgehead atoms. The normalized spacial score (nSPS) is 14.4. The summed E-state index contributed by atoms with van der Waals surface area (Å²) in [6.45, 7) is 11.5. The van der Waals surface area contributed by atoms with E-state index in [-0.39, 0.29) is 11.6 Å². The zero-order valence-electron chi connectivity index (χ0n) is 18.4. The number of rotatable bonds is 4. The Kier molecular flexibility index (Phi) is 9.90. The molecule has 1 aliphatic rings. The molecule has 4 heteroatoms. The summed E-state index contributed by atoms with van der Waals surface area (Å²) in [5.41, 5.74) is 5.60. The molecule has 0 aromatic heterocycles. The second kappa shape index (κ2) is 11.6. The third kappa shape index (κ3) is 6.07. The van der Waals surface area contributed by atoms with Crippen molar-refractivity contribution in [1.29, 1.82) is 0 Å². The minimum absolute atomic E-state index is 0.0561. The number of hydrogen-bond acceptors (Lipinski definition) is 2. The summed E-state index contributed by atoms with van der Waals surface area (Å²) in [5, 5.41) is 0. The molecule has 2 aromatic rings. The Morgan fingerprint density at radius 3 is 2.10 bits per heavy atom. The quantitative estimate of drug-likeness (QED) is 0.544. The highest BCUT2D eigenvalue weighted by Gasteiger charge is 2.24. The fourth-order valence-corrected chi connectivity index (χ4v) is 3.67. The van der Waals surface area contributed by atoms with Gasteiger partial charge in [0, 0.05) is 28.4 Å². The lowest BCUT2D eigenvalue weighted by Crippen LogP contribution is -1.93. The number of benzene rings is 2. The molecule has 0 spiro atoms. The average molecular weight is 415 g/mol. The van der Waals surface area contributed by atoms with Gasteiger partial charge in [0.25, 0.3) is 0 Å². The van der Waals surface area contributed by atoms with Crippen molar-refractivity contribution in [3.05, 3.63) is 70.5 Å². The van der Waals surface area contributed by atoms with Gasteiger partial charge in [0.1, 0.15) is 11.6 Å². The van der Waals surface area contributed by atoms with Crippen molar-refractivity contribution in [3.63, 3.8) is 0 Å². The molecule has 0 saturated carbocycles. The Balaban J connectivity index is 0.000000989. The van der Waals surface area contributed by atoms with Gasteiger partial charge in [-0.15, -0.1) is 0 Å². The molecular formula is C25H31FO2S. The van der Waals surface area contributed by atoms with Crippen LogP contribution in [0.1, 0.15) is 64.7 Å². The van der Waals surface area contributed by atoms with Gasteiger partial charge in [-0.3, -0.25) is 9.00 Å². The van der Waals surface area contributed by atoms with Crippen molar-refractivity contribution >= 4 is 33.8 Å². The molecule has 29 heavy (non-hydrogen) atoms. The standard InChI is InChI=1S/C21H19FO2S.2C2H6/c1-13(23)10-19-14(2)20(18-9-6-16(22)12-21(18)19)11-15-4-7-17(8-5-15)25(3)24;2*1-2/h4-9,11-12H,10H2,1-3H3;2*1-2H3/b20-11-;;. The Labute approximate surface area is 177 Å². The van der Waals surface area contributed by atoms with Crippen molar-refractivity contribution < 1.29 is 13.4 Å². The van der Waals surface area contributed by atoms with Gasteiger partial charge in [-0.2, -0.15) is 0 Å². The Hall–Kier alpha value is -2.33. The summed E-state index contributed by atoms with van der Waals surface area (Å²) in [7, 11) is -1.01. The van der Waals surface area contributed by atoms with Crippen LogP contribution in [0, 0.1) is 5.82 Å². The fraction of sp³-hybridized carbons (Fsp3) is 0.320. The predicted molar refractivity (Wildman–Crippen MR) is 124 cm³/mol. The maximum absolute atomic E-state index is 13.7. The molecule has 2 aromatic carbocycles. The van der Waals surface area contributed by atoms with Gasteiger partial charge in [-0.25, -0.2) is 4.39 Å². The van der Waals surface area contributed by atoms with E-state index in [9.17, 15) is 13.4 Å². The molecule has 0 radical (unpaired) electrons. The van der Waals surface area contributed by atoms with E-state index in [0.29, 0.717) is 6.42 Å². The SMILES string of the molecule is CC.CC.CC(=O)CC1=C(C)/C(=C/c2ccc(S(C)=O)cc2)c2ccc(F)cc21. The number of Topliss-reactive ketones (excluding diaryl/α,β-unsaturated/α-hetero) is 1. The zero-order valence-corrected chi connectivity index (χ0v) is 19.2. The zero-order chi connectivity index (χ0) is 22.1. The second-order valence-electron chi connectivity index (χ2n) is 6.25. The molecule has 1 aliphatic carbocycles. The number of allylic oxidation sites excluding steroid dienone is 3. The fourth-order valence-electron chi connectivity index (χ4n) is 3.15. The number of hydrogen-bond donors (Lipinski definition) is 0. The highest BCUT2D eigenvalue weighted by Crippen LogP contribution is 2.43. The van der Waals surface area contributed by atoms with Crippen molar-refractivity contribution in [3.8, 4) is 0 Å². The second-order valence-corrected chi connectivity index (χ2v) is 7.63. The lowest BCUT2D eigenvalue weighted by molar-refractivity contribution is -0.116. The molecule has 0 saturated heterocycles. The molecule has 0 N–H and O–H groups in total. The molecule has 3 rings (SSSR count). The van der Waals surface area contributed by atoms with Crippen LogP contribution in [0.2, 0.25) is 0 Å². The van der Waals surface area contributed by atoms with Gasteiger partial charge in [0.15, 0.2) is 0 Å². The van der Waals surface area contributed by atoms with Crippen LogP contribution in [0.5, 0.6) is 0 Å². The summed E-state index contributed by atoms with van der Waals surface area (Å²) in [5.74, 6) is -0.246. The highest BCUT2D eigenvalue weighted by atomic mass is 32.2. The van der Waals surface area contributed by atoms with E-state index >= 15 is 0 Å². The van der Waals surface area contributed by atoms with E-state index in [2.05, 4.69) is 0 Å². The summed E-state index contributed by atoms with van der Waals surface area (Å²) in [6, 6.07) is 12.2. The molecule has 2 nitrogen and oxygen atoms in total. The highest BCUT2D eigenvalue weighted by molar-refractivity contribution is 7.84. The van der Waals surface area contributed by atoms with Crippen molar-refractivity contribution in [2.75, 3.05) is 6.26 Å². The minimum Gasteiger partial charge on any atom is -0.300 e. The number of fused-ring (bicyclic) bond motifs is 1. The maximum Gasteiger partial charge on any atom is 0.134 e. The van der Waals surface area contributed by atoms with Crippen LogP contribution < -0.4 is 0 Å². The third-order valence-corrected chi connectivity index (χ3v) is 5.34. The largest absolute Gasteiger partial charge is 0.300 e. The Morgan fingerprint density at radius 2 is 1.59 bits per heavy atom. The van der Waals surface area contributed by atoms with Crippen LogP contribution in [0.15, 0.2) is 52.9 Å². The molecule has 0 fully saturated rings. The Bertz CT molecular complexity index is 938. The van der Waals surface area contributed by atoms with Crippen LogP contribution in [0.3, 0.4) is 0 Å². The lowest BCUT2D eigenvalue weighted by Gasteiger charge is -2.05. The van der Waals surface area contributed by atoms with Gasteiger partial charge < -0.3 is 0 Å². The van der Waals surface area contributed by atoms with Gasteiger partial charge in [0.05, 0.1) is 0 Å². The first-order chi connectivity index (χ1) is 13.9. The first-order valence-electron chi connectivity index (χ1n) is 10.0. The number of halogens is 1. The van der Waals surface area contributed by atoms with E-state index in [1.807, 2.05) is 65.0 Å². The molecule has 1 unspecified atom stereocenters. The third-order valence-electron chi connectivity index (χ3n) is 4.40. The van der Waals surface area contributed by atoms with E-state index in [1.54, 1.807) is 19.2 Å². The minimum atomic E-state index is -1.01. The van der Waals surface area contributed by atoms with Crippen LogP contribution in [-0.4, -0.2) is 16.2 Å². The van der Waals surface area contributed by atoms with E-state index < -0.39 is 10.8 Å².